The summed E-state index contributed by atoms with van der Waals surface area (Å²) in [5, 5.41) is 3.78. The monoisotopic (exact) mass is 291 g/mol. The van der Waals surface area contributed by atoms with Gasteiger partial charge in [0, 0.05) is 12.6 Å². The minimum absolute atomic E-state index is 0.559. The lowest BCUT2D eigenvalue weighted by Crippen LogP contribution is -2.63. The highest BCUT2D eigenvalue weighted by Crippen LogP contribution is 2.70. The van der Waals surface area contributed by atoms with Crippen LogP contribution in [0, 0.1) is 28.1 Å². The molecule has 1 heterocycles. The predicted octanol–water partition coefficient (Wildman–Crippen LogP) is 4.00. The second-order valence-corrected chi connectivity index (χ2v) is 9.74. The van der Waals surface area contributed by atoms with Gasteiger partial charge in [-0.05, 0) is 86.5 Å². The molecule has 21 heavy (non-hydrogen) atoms. The zero-order chi connectivity index (χ0) is 14.7. The summed E-state index contributed by atoms with van der Waals surface area (Å²) < 4.78 is 5.84. The van der Waals surface area contributed by atoms with Gasteiger partial charge in [-0.1, -0.05) is 13.8 Å². The molecule has 2 nitrogen and oxygen atoms in total. The Morgan fingerprint density at radius 1 is 1.05 bits per heavy atom. The molecule has 120 valence electrons. The van der Waals surface area contributed by atoms with Gasteiger partial charge in [-0.3, -0.25) is 0 Å². The van der Waals surface area contributed by atoms with Crippen LogP contribution in [0.4, 0.5) is 0 Å². The van der Waals surface area contributed by atoms with Gasteiger partial charge < -0.3 is 10.1 Å². The molecule has 1 N–H and O–H groups in total. The van der Waals surface area contributed by atoms with Crippen molar-refractivity contribution < 1.29 is 4.74 Å². The Labute approximate surface area is 130 Å². The Morgan fingerprint density at radius 2 is 1.76 bits per heavy atom. The summed E-state index contributed by atoms with van der Waals surface area (Å²) in [6.45, 7) is 7.16. The van der Waals surface area contributed by atoms with Crippen molar-refractivity contribution in [2.45, 2.75) is 71.3 Å². The Kier molecular flexibility index (Phi) is 3.25. The first-order valence-corrected chi connectivity index (χ1v) is 9.21. The van der Waals surface area contributed by atoms with E-state index >= 15 is 0 Å². The molecule has 2 heteroatoms. The van der Waals surface area contributed by atoms with Gasteiger partial charge in [-0.15, -0.1) is 0 Å². The average Bonchev–Trinajstić information content (AvgIpc) is 2.36. The highest BCUT2D eigenvalue weighted by Gasteiger charge is 2.62. The van der Waals surface area contributed by atoms with Gasteiger partial charge >= 0.3 is 0 Å². The fraction of sp³-hybridized carbons (Fsp3) is 1.00. The van der Waals surface area contributed by atoms with Gasteiger partial charge in [0.05, 0.1) is 6.61 Å². The summed E-state index contributed by atoms with van der Waals surface area (Å²) in [4.78, 5) is 0. The van der Waals surface area contributed by atoms with Crippen LogP contribution in [0.2, 0.25) is 0 Å². The number of nitrogens with one attached hydrogen (secondary N) is 1. The van der Waals surface area contributed by atoms with Crippen molar-refractivity contribution >= 4 is 0 Å². The van der Waals surface area contributed by atoms with Crippen molar-refractivity contribution in [3.63, 3.8) is 0 Å². The Bertz CT molecular complexity index is 396. The number of hydrogen-bond donors (Lipinski definition) is 1. The molecule has 5 aliphatic rings. The van der Waals surface area contributed by atoms with E-state index in [2.05, 4.69) is 26.2 Å². The predicted molar refractivity (Wildman–Crippen MR) is 86.2 cm³/mol. The lowest BCUT2D eigenvalue weighted by molar-refractivity contribution is -0.168. The van der Waals surface area contributed by atoms with E-state index in [0.29, 0.717) is 22.3 Å². The molecule has 1 aliphatic heterocycles. The van der Waals surface area contributed by atoms with Gasteiger partial charge in [0.1, 0.15) is 0 Å². The van der Waals surface area contributed by atoms with Crippen molar-refractivity contribution in [2.24, 2.45) is 28.1 Å². The van der Waals surface area contributed by atoms with Gasteiger partial charge in [-0.2, -0.15) is 0 Å². The summed E-state index contributed by atoms with van der Waals surface area (Å²) in [7, 11) is 2.21. The van der Waals surface area contributed by atoms with Crippen LogP contribution in [0.3, 0.4) is 0 Å². The van der Waals surface area contributed by atoms with E-state index in [0.717, 1.165) is 25.0 Å². The molecule has 4 saturated carbocycles. The maximum atomic E-state index is 5.84. The summed E-state index contributed by atoms with van der Waals surface area (Å²) in [5.41, 5.74) is 1.81. The second-order valence-electron chi connectivity index (χ2n) is 9.74. The third kappa shape index (κ3) is 2.28. The Morgan fingerprint density at radius 3 is 2.29 bits per heavy atom. The smallest absolute Gasteiger partial charge is 0.0509 e. The van der Waals surface area contributed by atoms with E-state index in [1.165, 1.54) is 51.4 Å². The van der Waals surface area contributed by atoms with Gasteiger partial charge in [-0.25, -0.2) is 0 Å². The Hall–Kier alpha value is -0.0800. The molecule has 0 aromatic rings. The zero-order valence-corrected chi connectivity index (χ0v) is 14.2. The largest absolute Gasteiger partial charge is 0.381 e. The zero-order valence-electron chi connectivity index (χ0n) is 14.2. The second kappa shape index (κ2) is 4.71. The summed E-state index contributed by atoms with van der Waals surface area (Å²) in [5.74, 6) is 1.74. The van der Waals surface area contributed by atoms with Crippen LogP contribution in [0.5, 0.6) is 0 Å². The van der Waals surface area contributed by atoms with E-state index < -0.39 is 0 Å². The number of ether oxygens (including phenoxy) is 1. The molecular formula is C19H33NO. The topological polar surface area (TPSA) is 21.3 Å². The average molecular weight is 291 g/mol. The third-order valence-electron chi connectivity index (χ3n) is 7.31. The molecule has 0 aromatic heterocycles. The summed E-state index contributed by atoms with van der Waals surface area (Å²) >= 11 is 0. The third-order valence-corrected chi connectivity index (χ3v) is 7.31. The molecule has 0 aromatic carbocycles. The molecule has 4 unspecified atom stereocenters. The molecule has 0 amide bonds. The fourth-order valence-corrected chi connectivity index (χ4v) is 7.95. The van der Waals surface area contributed by atoms with Gasteiger partial charge in [0.15, 0.2) is 0 Å². The van der Waals surface area contributed by atoms with Crippen LogP contribution in [0.25, 0.3) is 0 Å². The molecule has 4 aliphatic carbocycles. The van der Waals surface area contributed by atoms with Gasteiger partial charge in [0.25, 0.3) is 0 Å². The lowest BCUT2D eigenvalue weighted by Gasteiger charge is -2.68. The van der Waals surface area contributed by atoms with E-state index in [-0.39, 0.29) is 0 Å². The van der Waals surface area contributed by atoms with Crippen molar-refractivity contribution in [3.05, 3.63) is 0 Å². The minimum Gasteiger partial charge on any atom is -0.381 e. The summed E-state index contributed by atoms with van der Waals surface area (Å²) in [6.07, 6.45) is 11.5. The molecule has 4 atom stereocenters. The number of hydrogen-bond acceptors (Lipinski definition) is 2. The fourth-order valence-electron chi connectivity index (χ4n) is 7.95. The molecule has 4 bridgehead atoms. The maximum Gasteiger partial charge on any atom is 0.0509 e. The minimum atomic E-state index is 0.559. The van der Waals surface area contributed by atoms with Crippen molar-refractivity contribution in [3.8, 4) is 0 Å². The summed E-state index contributed by atoms with van der Waals surface area (Å²) in [6, 6.07) is 0.680. The van der Waals surface area contributed by atoms with E-state index in [4.69, 9.17) is 4.74 Å². The quantitative estimate of drug-likeness (QED) is 0.848. The lowest BCUT2D eigenvalue weighted by atomic mass is 9.38. The molecular weight excluding hydrogens is 258 g/mol. The van der Waals surface area contributed by atoms with Crippen molar-refractivity contribution in [2.75, 3.05) is 20.3 Å². The first-order chi connectivity index (χ1) is 9.96. The van der Waals surface area contributed by atoms with Crippen LogP contribution in [0.1, 0.15) is 65.2 Å². The molecule has 5 rings (SSSR count). The van der Waals surface area contributed by atoms with E-state index in [1.807, 2.05) is 0 Å². The molecule has 1 saturated heterocycles. The SMILES string of the molecule is CNC(C1CCCOC1)C12CC3CC(C)(CC(C)(C3)C1)C2. The standard InChI is InChI=1S/C19H33NO/c1-17-7-14-8-18(2,11-17)13-19(9-14,12-17)16(20-3)15-5-4-6-21-10-15/h14-16,20H,4-13H2,1-3H3. The van der Waals surface area contributed by atoms with Crippen molar-refractivity contribution in [1.82, 2.24) is 5.32 Å². The van der Waals surface area contributed by atoms with Gasteiger partial charge in [0.2, 0.25) is 0 Å². The molecule has 0 radical (unpaired) electrons. The van der Waals surface area contributed by atoms with Crippen LogP contribution in [-0.4, -0.2) is 26.3 Å². The van der Waals surface area contributed by atoms with Crippen LogP contribution < -0.4 is 5.32 Å². The van der Waals surface area contributed by atoms with E-state index in [1.54, 1.807) is 0 Å². The first kappa shape index (κ1) is 14.5. The first-order valence-electron chi connectivity index (χ1n) is 9.21. The molecule has 5 fully saturated rings. The highest BCUT2D eigenvalue weighted by molar-refractivity contribution is 5.14. The number of rotatable bonds is 3. The Balaban J connectivity index is 1.65. The maximum absolute atomic E-state index is 5.84. The van der Waals surface area contributed by atoms with Crippen LogP contribution >= 0.6 is 0 Å². The van der Waals surface area contributed by atoms with Crippen LogP contribution in [0.15, 0.2) is 0 Å². The molecule has 0 spiro atoms. The normalized spacial score (nSPS) is 53.9. The van der Waals surface area contributed by atoms with Crippen LogP contribution in [-0.2, 0) is 4.74 Å². The highest BCUT2D eigenvalue weighted by atomic mass is 16.5. The van der Waals surface area contributed by atoms with Crippen molar-refractivity contribution in [1.29, 1.82) is 0 Å². The van der Waals surface area contributed by atoms with E-state index in [9.17, 15) is 0 Å².